The first-order valence-electron chi connectivity index (χ1n) is 9.35. The van der Waals surface area contributed by atoms with Crippen LogP contribution in [0, 0.1) is 6.92 Å². The molecule has 0 spiro atoms. The summed E-state index contributed by atoms with van der Waals surface area (Å²) < 4.78 is 7.01. The minimum atomic E-state index is -0.313. The fourth-order valence-electron chi connectivity index (χ4n) is 3.85. The number of aryl methyl sites for hydroxylation is 1. The summed E-state index contributed by atoms with van der Waals surface area (Å²) >= 11 is 1.52. The average molecular weight is 381 g/mol. The maximum absolute atomic E-state index is 12.0. The van der Waals surface area contributed by atoms with E-state index in [0.717, 1.165) is 46.9 Å². The SMILES string of the molecule is Cc1ccc(OCCN2CCC(c3c(C(N)=O)sc4ccccc34)C2)cc1. The van der Waals surface area contributed by atoms with Gasteiger partial charge in [-0.15, -0.1) is 11.3 Å². The van der Waals surface area contributed by atoms with Gasteiger partial charge in [-0.05, 0) is 49.0 Å². The number of amides is 1. The third-order valence-electron chi connectivity index (χ3n) is 5.24. The fraction of sp³-hybridized carbons (Fsp3) is 0.318. The molecule has 1 aromatic heterocycles. The number of hydrogen-bond donors (Lipinski definition) is 1. The van der Waals surface area contributed by atoms with E-state index < -0.39 is 0 Å². The van der Waals surface area contributed by atoms with Gasteiger partial charge < -0.3 is 10.5 Å². The maximum atomic E-state index is 12.0. The molecule has 4 nitrogen and oxygen atoms in total. The van der Waals surface area contributed by atoms with Crippen LogP contribution in [0.1, 0.15) is 33.1 Å². The van der Waals surface area contributed by atoms with Crippen LogP contribution in [0.5, 0.6) is 5.75 Å². The van der Waals surface area contributed by atoms with Crippen molar-refractivity contribution in [3.8, 4) is 5.75 Å². The molecule has 2 N–H and O–H groups in total. The summed E-state index contributed by atoms with van der Waals surface area (Å²) in [4.78, 5) is 15.1. The van der Waals surface area contributed by atoms with Gasteiger partial charge in [-0.1, -0.05) is 35.9 Å². The molecule has 1 aliphatic rings. The van der Waals surface area contributed by atoms with Crippen molar-refractivity contribution in [2.24, 2.45) is 5.73 Å². The van der Waals surface area contributed by atoms with E-state index in [9.17, 15) is 4.79 Å². The van der Waals surface area contributed by atoms with Crippen LogP contribution in [0.15, 0.2) is 48.5 Å². The van der Waals surface area contributed by atoms with Crippen LogP contribution in [0.4, 0.5) is 0 Å². The summed E-state index contributed by atoms with van der Waals surface area (Å²) in [6.45, 7) is 5.59. The zero-order valence-corrected chi connectivity index (χ0v) is 16.3. The van der Waals surface area contributed by atoms with Gasteiger partial charge in [0.15, 0.2) is 0 Å². The van der Waals surface area contributed by atoms with E-state index in [4.69, 9.17) is 10.5 Å². The molecule has 140 valence electrons. The van der Waals surface area contributed by atoms with Crippen LogP contribution in [0.25, 0.3) is 10.1 Å². The molecule has 1 aliphatic heterocycles. The molecule has 5 heteroatoms. The third-order valence-corrected chi connectivity index (χ3v) is 6.44. The molecular formula is C22H24N2O2S. The van der Waals surface area contributed by atoms with Crippen molar-refractivity contribution in [1.82, 2.24) is 4.90 Å². The van der Waals surface area contributed by atoms with Crippen molar-refractivity contribution < 1.29 is 9.53 Å². The van der Waals surface area contributed by atoms with Crippen molar-refractivity contribution in [2.45, 2.75) is 19.3 Å². The van der Waals surface area contributed by atoms with Crippen molar-refractivity contribution in [1.29, 1.82) is 0 Å². The summed E-state index contributed by atoms with van der Waals surface area (Å²) in [5.74, 6) is 0.951. The van der Waals surface area contributed by atoms with Crippen molar-refractivity contribution in [3.63, 3.8) is 0 Å². The van der Waals surface area contributed by atoms with Gasteiger partial charge in [-0.2, -0.15) is 0 Å². The second-order valence-corrected chi connectivity index (χ2v) is 8.21. The lowest BCUT2D eigenvalue weighted by Gasteiger charge is -2.17. The number of thiophene rings is 1. The minimum absolute atomic E-state index is 0.313. The predicted molar refractivity (Wildman–Crippen MR) is 111 cm³/mol. The maximum Gasteiger partial charge on any atom is 0.259 e. The fourth-order valence-corrected chi connectivity index (χ4v) is 4.99. The number of carbonyl (C=O) groups is 1. The Kier molecular flexibility index (Phi) is 5.14. The average Bonchev–Trinajstić information content (AvgIpc) is 3.27. The van der Waals surface area contributed by atoms with Gasteiger partial charge in [0, 0.05) is 23.7 Å². The first-order valence-corrected chi connectivity index (χ1v) is 10.2. The quantitative estimate of drug-likeness (QED) is 0.698. The van der Waals surface area contributed by atoms with E-state index in [1.54, 1.807) is 0 Å². The summed E-state index contributed by atoms with van der Waals surface area (Å²) in [6, 6.07) is 16.4. The number of benzene rings is 2. The van der Waals surface area contributed by atoms with Gasteiger partial charge in [0.2, 0.25) is 0 Å². The first kappa shape index (κ1) is 18.0. The monoisotopic (exact) mass is 380 g/mol. The molecule has 1 unspecified atom stereocenters. The Labute approximate surface area is 163 Å². The van der Waals surface area contributed by atoms with Crippen LogP contribution in [0.3, 0.4) is 0 Å². The number of hydrogen-bond acceptors (Lipinski definition) is 4. The van der Waals surface area contributed by atoms with Crippen LogP contribution in [-0.4, -0.2) is 37.0 Å². The van der Waals surface area contributed by atoms with E-state index in [1.165, 1.54) is 22.3 Å². The van der Waals surface area contributed by atoms with Crippen LogP contribution >= 0.6 is 11.3 Å². The van der Waals surface area contributed by atoms with Crippen LogP contribution in [-0.2, 0) is 0 Å². The zero-order chi connectivity index (χ0) is 18.8. The molecule has 0 bridgehead atoms. The first-order chi connectivity index (χ1) is 13.1. The molecule has 0 radical (unpaired) electrons. The standard InChI is InChI=1S/C22H24N2O2S/c1-15-6-8-17(9-7-15)26-13-12-24-11-10-16(14-24)20-18-4-2-3-5-19(18)27-21(20)22(23)25/h2-9,16H,10-14H2,1H3,(H2,23,25). The summed E-state index contributed by atoms with van der Waals surface area (Å²) in [6.07, 6.45) is 1.05. The highest BCUT2D eigenvalue weighted by molar-refractivity contribution is 7.21. The minimum Gasteiger partial charge on any atom is -0.492 e. The predicted octanol–water partition coefficient (Wildman–Crippen LogP) is 4.18. The molecule has 3 aromatic rings. The number of rotatable bonds is 6. The Balaban J connectivity index is 1.42. The number of ether oxygens (including phenoxy) is 1. The zero-order valence-electron chi connectivity index (χ0n) is 15.5. The topological polar surface area (TPSA) is 55.6 Å². The Bertz CT molecular complexity index is 949. The molecule has 2 heterocycles. The third kappa shape index (κ3) is 3.84. The lowest BCUT2D eigenvalue weighted by Crippen LogP contribution is -2.26. The summed E-state index contributed by atoms with van der Waals surface area (Å²) in [5.41, 5.74) is 8.05. The molecule has 4 rings (SSSR count). The van der Waals surface area contributed by atoms with Gasteiger partial charge in [0.1, 0.15) is 12.4 Å². The van der Waals surface area contributed by atoms with E-state index in [-0.39, 0.29) is 5.91 Å². The highest BCUT2D eigenvalue weighted by atomic mass is 32.1. The molecule has 2 aromatic carbocycles. The molecular weight excluding hydrogens is 356 g/mol. The highest BCUT2D eigenvalue weighted by Gasteiger charge is 2.29. The van der Waals surface area contributed by atoms with Crippen LogP contribution in [0.2, 0.25) is 0 Å². The summed E-state index contributed by atoms with van der Waals surface area (Å²) in [5, 5.41) is 1.18. The molecule has 1 saturated heterocycles. The van der Waals surface area contributed by atoms with E-state index in [2.05, 4.69) is 36.1 Å². The Morgan fingerprint density at radius 2 is 2.00 bits per heavy atom. The second-order valence-electron chi connectivity index (χ2n) is 7.15. The number of nitrogens with zero attached hydrogens (tertiary/aromatic N) is 1. The number of likely N-dealkylation sites (tertiary alicyclic amines) is 1. The van der Waals surface area contributed by atoms with Gasteiger partial charge >= 0.3 is 0 Å². The molecule has 1 fully saturated rings. The second kappa shape index (κ2) is 7.71. The molecule has 0 aliphatic carbocycles. The Morgan fingerprint density at radius 1 is 1.22 bits per heavy atom. The summed E-state index contributed by atoms with van der Waals surface area (Å²) in [7, 11) is 0. The largest absolute Gasteiger partial charge is 0.492 e. The van der Waals surface area contributed by atoms with Gasteiger partial charge in [-0.25, -0.2) is 0 Å². The Morgan fingerprint density at radius 3 is 2.78 bits per heavy atom. The van der Waals surface area contributed by atoms with E-state index in [0.29, 0.717) is 12.5 Å². The smallest absolute Gasteiger partial charge is 0.259 e. The lowest BCUT2D eigenvalue weighted by molar-refractivity contribution is 0.100. The molecule has 27 heavy (non-hydrogen) atoms. The van der Waals surface area contributed by atoms with E-state index >= 15 is 0 Å². The number of carbonyl (C=O) groups excluding carboxylic acids is 1. The molecule has 0 saturated carbocycles. The molecule has 1 amide bonds. The number of primary amides is 1. The van der Waals surface area contributed by atoms with Crippen LogP contribution < -0.4 is 10.5 Å². The highest BCUT2D eigenvalue weighted by Crippen LogP contribution is 2.39. The lowest BCUT2D eigenvalue weighted by atomic mass is 9.95. The molecule has 1 atom stereocenters. The van der Waals surface area contributed by atoms with Gasteiger partial charge in [-0.3, -0.25) is 9.69 Å². The van der Waals surface area contributed by atoms with Crippen molar-refractivity contribution in [3.05, 3.63) is 64.5 Å². The normalized spacial score (nSPS) is 17.4. The van der Waals surface area contributed by atoms with Gasteiger partial charge in [0.25, 0.3) is 5.91 Å². The number of nitrogens with two attached hydrogens (primary N) is 1. The van der Waals surface area contributed by atoms with Gasteiger partial charge in [0.05, 0.1) is 4.88 Å². The van der Waals surface area contributed by atoms with Crippen molar-refractivity contribution >= 4 is 27.3 Å². The van der Waals surface area contributed by atoms with Crippen molar-refractivity contribution in [2.75, 3.05) is 26.2 Å². The number of fused-ring (bicyclic) bond motifs is 1. The van der Waals surface area contributed by atoms with E-state index in [1.807, 2.05) is 24.3 Å². The Hall–Kier alpha value is -2.37.